The van der Waals surface area contributed by atoms with Gasteiger partial charge in [0.2, 0.25) is 0 Å². The van der Waals surface area contributed by atoms with Gasteiger partial charge in [-0.1, -0.05) is 29.8 Å². The van der Waals surface area contributed by atoms with Crippen molar-refractivity contribution >= 4 is 15.9 Å². The molecule has 0 radical (unpaired) electrons. The SMILES string of the molecule is CC(C)C1CNCCN1Cc1cc(Br)cc2c1OCC2. The van der Waals surface area contributed by atoms with Crippen molar-refractivity contribution in [3.05, 3.63) is 27.7 Å². The molecule has 3 nitrogen and oxygen atoms in total. The van der Waals surface area contributed by atoms with E-state index in [0.717, 1.165) is 45.0 Å². The van der Waals surface area contributed by atoms with Gasteiger partial charge in [0.15, 0.2) is 0 Å². The second-order valence-corrected chi connectivity index (χ2v) is 7.05. The molecule has 0 bridgehead atoms. The van der Waals surface area contributed by atoms with E-state index in [0.29, 0.717) is 12.0 Å². The fourth-order valence-corrected chi connectivity index (χ4v) is 3.86. The monoisotopic (exact) mass is 338 g/mol. The van der Waals surface area contributed by atoms with Gasteiger partial charge in [0.05, 0.1) is 6.61 Å². The molecule has 2 aliphatic heterocycles. The van der Waals surface area contributed by atoms with Crippen LogP contribution in [0.5, 0.6) is 5.75 Å². The van der Waals surface area contributed by atoms with Gasteiger partial charge in [0, 0.05) is 48.7 Å². The molecule has 2 aliphatic rings. The second kappa shape index (κ2) is 6.04. The van der Waals surface area contributed by atoms with Crippen LogP contribution in [0.2, 0.25) is 0 Å². The Balaban J connectivity index is 1.83. The van der Waals surface area contributed by atoms with Gasteiger partial charge in [-0.2, -0.15) is 0 Å². The average Bonchev–Trinajstić information content (AvgIpc) is 2.87. The van der Waals surface area contributed by atoms with Crippen molar-refractivity contribution in [2.24, 2.45) is 5.92 Å². The van der Waals surface area contributed by atoms with Crippen LogP contribution in [0.1, 0.15) is 25.0 Å². The van der Waals surface area contributed by atoms with Crippen LogP contribution in [0.15, 0.2) is 16.6 Å². The molecule has 1 aromatic carbocycles. The topological polar surface area (TPSA) is 24.5 Å². The highest BCUT2D eigenvalue weighted by molar-refractivity contribution is 9.10. The zero-order valence-electron chi connectivity index (χ0n) is 12.3. The van der Waals surface area contributed by atoms with Crippen molar-refractivity contribution in [2.45, 2.75) is 32.9 Å². The molecule has 20 heavy (non-hydrogen) atoms. The van der Waals surface area contributed by atoms with Crippen molar-refractivity contribution in [1.82, 2.24) is 10.2 Å². The van der Waals surface area contributed by atoms with E-state index in [1.54, 1.807) is 0 Å². The van der Waals surface area contributed by atoms with Crippen LogP contribution in [0, 0.1) is 5.92 Å². The summed E-state index contributed by atoms with van der Waals surface area (Å²) in [7, 11) is 0. The number of nitrogens with one attached hydrogen (secondary N) is 1. The quantitative estimate of drug-likeness (QED) is 0.917. The molecule has 0 amide bonds. The first-order valence-corrected chi connectivity index (χ1v) is 8.33. The highest BCUT2D eigenvalue weighted by Crippen LogP contribution is 2.34. The van der Waals surface area contributed by atoms with Crippen LogP contribution in [0.4, 0.5) is 0 Å². The Morgan fingerprint density at radius 1 is 1.45 bits per heavy atom. The number of hydrogen-bond donors (Lipinski definition) is 1. The minimum absolute atomic E-state index is 0.611. The fourth-order valence-electron chi connectivity index (χ4n) is 3.30. The lowest BCUT2D eigenvalue weighted by Gasteiger charge is -2.38. The number of piperazine rings is 1. The molecule has 1 atom stereocenters. The molecule has 0 saturated carbocycles. The molecule has 0 aromatic heterocycles. The van der Waals surface area contributed by atoms with Crippen molar-refractivity contribution in [3.8, 4) is 5.75 Å². The predicted molar refractivity (Wildman–Crippen MR) is 85.2 cm³/mol. The average molecular weight is 339 g/mol. The minimum atomic E-state index is 0.611. The molecule has 110 valence electrons. The van der Waals surface area contributed by atoms with Crippen LogP contribution in [0.3, 0.4) is 0 Å². The maximum absolute atomic E-state index is 5.86. The van der Waals surface area contributed by atoms with E-state index in [-0.39, 0.29) is 0 Å². The van der Waals surface area contributed by atoms with E-state index < -0.39 is 0 Å². The number of fused-ring (bicyclic) bond motifs is 1. The molecule has 1 aromatic rings. The zero-order valence-corrected chi connectivity index (χ0v) is 13.9. The third kappa shape index (κ3) is 2.87. The number of benzene rings is 1. The summed E-state index contributed by atoms with van der Waals surface area (Å²) in [6, 6.07) is 5.03. The minimum Gasteiger partial charge on any atom is -0.493 e. The largest absolute Gasteiger partial charge is 0.493 e. The first-order chi connectivity index (χ1) is 9.65. The van der Waals surface area contributed by atoms with E-state index in [4.69, 9.17) is 4.74 Å². The van der Waals surface area contributed by atoms with Crippen LogP contribution in [-0.4, -0.2) is 37.2 Å². The van der Waals surface area contributed by atoms with Crippen molar-refractivity contribution < 1.29 is 4.74 Å². The van der Waals surface area contributed by atoms with Crippen LogP contribution in [0.25, 0.3) is 0 Å². The van der Waals surface area contributed by atoms with E-state index in [2.05, 4.69) is 52.1 Å². The molecule has 0 spiro atoms. The van der Waals surface area contributed by atoms with E-state index in [1.807, 2.05) is 0 Å². The molecule has 1 N–H and O–H groups in total. The van der Waals surface area contributed by atoms with Gasteiger partial charge >= 0.3 is 0 Å². The third-order valence-electron chi connectivity index (χ3n) is 4.37. The molecule has 1 unspecified atom stereocenters. The number of nitrogens with zero attached hydrogens (tertiary/aromatic N) is 1. The standard InChI is InChI=1S/C16H23BrN2O/c1-11(2)15-9-18-4-5-19(15)10-13-8-14(17)7-12-3-6-20-16(12)13/h7-8,11,15,18H,3-6,9-10H2,1-2H3. The zero-order chi connectivity index (χ0) is 14.1. The summed E-state index contributed by atoms with van der Waals surface area (Å²) in [6.45, 7) is 9.73. The van der Waals surface area contributed by atoms with Gasteiger partial charge in [-0.25, -0.2) is 0 Å². The number of rotatable bonds is 3. The van der Waals surface area contributed by atoms with Gasteiger partial charge in [0.1, 0.15) is 5.75 Å². The Morgan fingerprint density at radius 3 is 3.10 bits per heavy atom. The van der Waals surface area contributed by atoms with Crippen molar-refractivity contribution in [3.63, 3.8) is 0 Å². The molecule has 3 rings (SSSR count). The number of ether oxygens (including phenoxy) is 1. The first kappa shape index (κ1) is 14.4. The first-order valence-electron chi connectivity index (χ1n) is 7.54. The summed E-state index contributed by atoms with van der Waals surface area (Å²) >= 11 is 3.64. The van der Waals surface area contributed by atoms with Crippen LogP contribution in [-0.2, 0) is 13.0 Å². The van der Waals surface area contributed by atoms with E-state index in [1.165, 1.54) is 15.6 Å². The summed E-state index contributed by atoms with van der Waals surface area (Å²) < 4.78 is 7.03. The molecule has 0 aliphatic carbocycles. The maximum Gasteiger partial charge on any atom is 0.127 e. The maximum atomic E-state index is 5.86. The summed E-state index contributed by atoms with van der Waals surface area (Å²) in [5, 5.41) is 3.51. The van der Waals surface area contributed by atoms with E-state index >= 15 is 0 Å². The van der Waals surface area contributed by atoms with Crippen molar-refractivity contribution in [2.75, 3.05) is 26.2 Å². The third-order valence-corrected chi connectivity index (χ3v) is 4.82. The molecular formula is C16H23BrN2O. The Bertz CT molecular complexity index is 490. The number of hydrogen-bond acceptors (Lipinski definition) is 3. The Morgan fingerprint density at radius 2 is 2.30 bits per heavy atom. The Hall–Kier alpha value is -0.580. The van der Waals surface area contributed by atoms with Gasteiger partial charge < -0.3 is 10.1 Å². The van der Waals surface area contributed by atoms with Gasteiger partial charge in [-0.15, -0.1) is 0 Å². The number of halogens is 1. The van der Waals surface area contributed by atoms with Crippen LogP contribution >= 0.6 is 15.9 Å². The summed E-state index contributed by atoms with van der Waals surface area (Å²) in [5.41, 5.74) is 2.69. The predicted octanol–water partition coefficient (Wildman–Crippen LogP) is 2.81. The van der Waals surface area contributed by atoms with Crippen molar-refractivity contribution in [1.29, 1.82) is 0 Å². The van der Waals surface area contributed by atoms with Crippen LogP contribution < -0.4 is 10.1 Å². The summed E-state index contributed by atoms with van der Waals surface area (Å²) in [6.07, 6.45) is 1.04. The molecule has 1 saturated heterocycles. The van der Waals surface area contributed by atoms with E-state index in [9.17, 15) is 0 Å². The van der Waals surface area contributed by atoms with Gasteiger partial charge in [-0.05, 0) is 23.6 Å². The molecular weight excluding hydrogens is 316 g/mol. The molecule has 4 heteroatoms. The second-order valence-electron chi connectivity index (χ2n) is 6.14. The Labute approximate surface area is 129 Å². The lowest BCUT2D eigenvalue weighted by atomic mass is 9.99. The summed E-state index contributed by atoms with van der Waals surface area (Å²) in [5.74, 6) is 1.80. The highest BCUT2D eigenvalue weighted by atomic mass is 79.9. The molecule has 1 fully saturated rings. The van der Waals surface area contributed by atoms with Gasteiger partial charge in [-0.3, -0.25) is 4.90 Å². The fraction of sp³-hybridized carbons (Fsp3) is 0.625. The lowest BCUT2D eigenvalue weighted by Crippen LogP contribution is -2.52. The highest BCUT2D eigenvalue weighted by Gasteiger charge is 2.27. The smallest absolute Gasteiger partial charge is 0.127 e. The lowest BCUT2D eigenvalue weighted by molar-refractivity contribution is 0.116. The summed E-state index contributed by atoms with van der Waals surface area (Å²) in [4.78, 5) is 2.60. The van der Waals surface area contributed by atoms with Gasteiger partial charge in [0.25, 0.3) is 0 Å². The normalized spacial score (nSPS) is 22.9. The molecule has 2 heterocycles. The Kier molecular flexibility index (Phi) is 4.34.